The van der Waals surface area contributed by atoms with Crippen LogP contribution in [0, 0.1) is 0 Å². The van der Waals surface area contributed by atoms with Crippen molar-refractivity contribution >= 4 is 11.8 Å². The van der Waals surface area contributed by atoms with Crippen LogP contribution in [0.3, 0.4) is 0 Å². The lowest BCUT2D eigenvalue weighted by Crippen LogP contribution is -2.21. The van der Waals surface area contributed by atoms with Gasteiger partial charge in [-0.2, -0.15) is 5.10 Å². The fraction of sp³-hybridized carbons (Fsp3) is 0.312. The second-order valence-electron chi connectivity index (χ2n) is 5.84. The molecule has 4 N–H and O–H groups in total. The first-order valence-electron chi connectivity index (χ1n) is 7.28. The maximum Gasteiger partial charge on any atom is 0.252 e. The van der Waals surface area contributed by atoms with Crippen LogP contribution in [0.2, 0.25) is 0 Å². The fourth-order valence-electron chi connectivity index (χ4n) is 2.88. The Morgan fingerprint density at radius 2 is 2.09 bits per heavy atom. The normalized spacial score (nSPS) is 17.4. The van der Waals surface area contributed by atoms with Crippen LogP contribution in [-0.4, -0.2) is 27.7 Å². The van der Waals surface area contributed by atoms with Crippen LogP contribution in [0.25, 0.3) is 0 Å². The van der Waals surface area contributed by atoms with E-state index in [1.807, 2.05) is 20.2 Å². The van der Waals surface area contributed by atoms with Gasteiger partial charge in [0.1, 0.15) is 11.9 Å². The van der Waals surface area contributed by atoms with Crippen molar-refractivity contribution in [2.75, 3.05) is 0 Å². The molecule has 7 nitrogen and oxygen atoms in total. The lowest BCUT2D eigenvalue weighted by Gasteiger charge is -2.18. The van der Waals surface area contributed by atoms with Gasteiger partial charge in [0.25, 0.3) is 5.91 Å². The van der Waals surface area contributed by atoms with Gasteiger partial charge in [-0.15, -0.1) is 0 Å². The molecule has 2 amide bonds. The average Bonchev–Trinajstić information content (AvgIpc) is 3.10. The molecule has 0 bridgehead atoms. The summed E-state index contributed by atoms with van der Waals surface area (Å²) in [7, 11) is 1.85. The highest BCUT2D eigenvalue weighted by Gasteiger charge is 2.33. The molecule has 2 heterocycles. The molecule has 0 saturated heterocycles. The number of carbonyl (C=O) groups excluding carboxylic acids is 2. The van der Waals surface area contributed by atoms with Gasteiger partial charge in [0.2, 0.25) is 5.91 Å². The van der Waals surface area contributed by atoms with E-state index < -0.39 is 11.8 Å². The summed E-state index contributed by atoms with van der Waals surface area (Å²) in [6.45, 7) is 2.03. The highest BCUT2D eigenvalue weighted by Crippen LogP contribution is 2.38. The van der Waals surface area contributed by atoms with Gasteiger partial charge in [-0.1, -0.05) is 6.92 Å². The van der Waals surface area contributed by atoms with E-state index in [9.17, 15) is 9.59 Å². The average molecular weight is 314 g/mol. The Morgan fingerprint density at radius 3 is 2.65 bits per heavy atom. The third-order valence-electron chi connectivity index (χ3n) is 4.21. The SMILES string of the molecule is CC(c1cnn(C)c1)C1Cc2cc(C(N)=O)cc(C(N)=O)c2O1. The monoisotopic (exact) mass is 314 g/mol. The van der Waals surface area contributed by atoms with Crippen LogP contribution in [0.1, 0.15) is 44.7 Å². The molecule has 2 atom stereocenters. The van der Waals surface area contributed by atoms with Gasteiger partial charge in [-0.25, -0.2) is 0 Å². The smallest absolute Gasteiger partial charge is 0.252 e. The van der Waals surface area contributed by atoms with Gasteiger partial charge in [0, 0.05) is 31.1 Å². The largest absolute Gasteiger partial charge is 0.488 e. The van der Waals surface area contributed by atoms with Crippen molar-refractivity contribution in [3.8, 4) is 5.75 Å². The summed E-state index contributed by atoms with van der Waals surface area (Å²) in [5.74, 6) is -0.713. The number of fused-ring (bicyclic) bond motifs is 1. The predicted octanol–water partition coefficient (Wildman–Crippen LogP) is 0.725. The topological polar surface area (TPSA) is 113 Å². The lowest BCUT2D eigenvalue weighted by atomic mass is 9.94. The second-order valence-corrected chi connectivity index (χ2v) is 5.84. The van der Waals surface area contributed by atoms with E-state index in [-0.39, 0.29) is 23.1 Å². The zero-order valence-electron chi connectivity index (χ0n) is 12.9. The van der Waals surface area contributed by atoms with Gasteiger partial charge >= 0.3 is 0 Å². The fourth-order valence-corrected chi connectivity index (χ4v) is 2.88. The maximum absolute atomic E-state index is 11.7. The molecule has 23 heavy (non-hydrogen) atoms. The predicted molar refractivity (Wildman–Crippen MR) is 83.2 cm³/mol. The van der Waals surface area contributed by atoms with E-state index in [0.717, 1.165) is 11.1 Å². The number of aromatic nitrogens is 2. The van der Waals surface area contributed by atoms with Crippen LogP contribution in [0.4, 0.5) is 0 Å². The van der Waals surface area contributed by atoms with Gasteiger partial charge in [-0.05, 0) is 23.3 Å². The molecule has 2 aromatic rings. The maximum atomic E-state index is 11.7. The Balaban J connectivity index is 1.95. The molecule has 120 valence electrons. The Bertz CT molecular complexity index is 797. The zero-order chi connectivity index (χ0) is 16.7. The summed E-state index contributed by atoms with van der Waals surface area (Å²) in [4.78, 5) is 23.1. The summed E-state index contributed by atoms with van der Waals surface area (Å²) in [5.41, 5.74) is 13.0. The number of aryl methyl sites for hydroxylation is 1. The van der Waals surface area contributed by atoms with Crippen LogP contribution in [0.15, 0.2) is 24.5 Å². The first-order chi connectivity index (χ1) is 10.9. The van der Waals surface area contributed by atoms with E-state index >= 15 is 0 Å². The molecule has 0 aliphatic carbocycles. The first kappa shape index (κ1) is 15.1. The van der Waals surface area contributed by atoms with Crippen LogP contribution < -0.4 is 16.2 Å². The van der Waals surface area contributed by atoms with Gasteiger partial charge < -0.3 is 16.2 Å². The molecular weight excluding hydrogens is 296 g/mol. The number of benzene rings is 1. The van der Waals surface area contributed by atoms with Gasteiger partial charge in [-0.3, -0.25) is 14.3 Å². The molecule has 0 radical (unpaired) electrons. The molecule has 3 rings (SSSR count). The zero-order valence-corrected chi connectivity index (χ0v) is 12.9. The van der Waals surface area contributed by atoms with Crippen molar-refractivity contribution in [2.24, 2.45) is 18.5 Å². The van der Waals surface area contributed by atoms with E-state index in [0.29, 0.717) is 12.2 Å². The summed E-state index contributed by atoms with van der Waals surface area (Å²) in [5, 5.41) is 4.17. The standard InChI is InChI=1S/C16H18N4O3/c1-8(11-6-19-20(2)7-11)13-5-9-3-10(15(17)21)4-12(16(18)22)14(9)23-13/h3-4,6-8,13H,5H2,1-2H3,(H2,17,21)(H2,18,22). The van der Waals surface area contributed by atoms with E-state index in [1.54, 1.807) is 16.9 Å². The highest BCUT2D eigenvalue weighted by atomic mass is 16.5. The molecule has 0 saturated carbocycles. The van der Waals surface area contributed by atoms with Crippen molar-refractivity contribution in [3.63, 3.8) is 0 Å². The molecule has 2 unspecified atom stereocenters. The van der Waals surface area contributed by atoms with E-state index in [1.165, 1.54) is 6.07 Å². The number of nitrogens with two attached hydrogens (primary N) is 2. The minimum absolute atomic E-state index is 0.0776. The van der Waals surface area contributed by atoms with E-state index in [4.69, 9.17) is 16.2 Å². The third-order valence-corrected chi connectivity index (χ3v) is 4.21. The van der Waals surface area contributed by atoms with Crippen molar-refractivity contribution in [3.05, 3.63) is 46.8 Å². The number of hydrogen-bond donors (Lipinski definition) is 2. The molecule has 1 aliphatic heterocycles. The lowest BCUT2D eigenvalue weighted by molar-refractivity contribution is 0.0994. The summed E-state index contributed by atoms with van der Waals surface area (Å²) >= 11 is 0. The van der Waals surface area contributed by atoms with Gasteiger partial charge in [0.05, 0.1) is 11.8 Å². The number of hydrogen-bond acceptors (Lipinski definition) is 4. The number of primary amides is 2. The number of ether oxygens (including phenoxy) is 1. The van der Waals surface area contributed by atoms with Crippen molar-refractivity contribution in [1.29, 1.82) is 0 Å². The summed E-state index contributed by atoms with van der Waals surface area (Å²) < 4.78 is 7.70. The third kappa shape index (κ3) is 2.65. The molecule has 1 aromatic carbocycles. The highest BCUT2D eigenvalue weighted by molar-refractivity contribution is 6.01. The Labute approximate surface area is 133 Å². The molecule has 0 spiro atoms. The van der Waals surface area contributed by atoms with Crippen molar-refractivity contribution < 1.29 is 14.3 Å². The number of rotatable bonds is 4. The minimum atomic E-state index is -0.640. The van der Waals surface area contributed by atoms with Crippen LogP contribution >= 0.6 is 0 Å². The number of amides is 2. The Hall–Kier alpha value is -2.83. The Kier molecular flexibility index (Phi) is 3.55. The second kappa shape index (κ2) is 5.42. The quantitative estimate of drug-likeness (QED) is 0.865. The first-order valence-corrected chi connectivity index (χ1v) is 7.28. The number of nitrogens with zero attached hydrogens (tertiary/aromatic N) is 2. The van der Waals surface area contributed by atoms with Crippen LogP contribution in [0.5, 0.6) is 5.75 Å². The van der Waals surface area contributed by atoms with Crippen molar-refractivity contribution in [1.82, 2.24) is 9.78 Å². The summed E-state index contributed by atoms with van der Waals surface area (Å²) in [6.07, 6.45) is 4.14. The summed E-state index contributed by atoms with van der Waals surface area (Å²) in [6, 6.07) is 3.06. The van der Waals surface area contributed by atoms with Crippen molar-refractivity contribution in [2.45, 2.75) is 25.4 Å². The number of carbonyl (C=O) groups is 2. The van der Waals surface area contributed by atoms with Crippen LogP contribution in [-0.2, 0) is 13.5 Å². The Morgan fingerprint density at radius 1 is 1.35 bits per heavy atom. The van der Waals surface area contributed by atoms with Gasteiger partial charge in [0.15, 0.2) is 0 Å². The molecule has 7 heteroatoms. The molecule has 1 aromatic heterocycles. The molecule has 0 fully saturated rings. The molecule has 1 aliphatic rings. The minimum Gasteiger partial charge on any atom is -0.488 e. The molecular formula is C16H18N4O3. The van der Waals surface area contributed by atoms with E-state index in [2.05, 4.69) is 5.10 Å².